The van der Waals surface area contributed by atoms with Crippen LogP contribution in [0, 0.1) is 0 Å². The van der Waals surface area contributed by atoms with Crippen molar-refractivity contribution in [3.8, 4) is 5.75 Å². The fourth-order valence-corrected chi connectivity index (χ4v) is 4.23. The van der Waals surface area contributed by atoms with Crippen LogP contribution in [0.5, 0.6) is 5.75 Å². The third-order valence-corrected chi connectivity index (χ3v) is 6.04. The predicted molar refractivity (Wildman–Crippen MR) is 133 cm³/mol. The van der Waals surface area contributed by atoms with Gasteiger partial charge >= 0.3 is 0 Å². The van der Waals surface area contributed by atoms with E-state index in [1.165, 1.54) is 4.90 Å². The number of Topliss-reactive ketones (excluding diaryl/α,β-unsaturated/α-hetero) is 1. The first-order valence-corrected chi connectivity index (χ1v) is 11.7. The summed E-state index contributed by atoms with van der Waals surface area (Å²) in [6.07, 6.45) is 1.43. The number of hydrogen-bond acceptors (Lipinski definition) is 4. The minimum Gasteiger partial charge on any atom is -0.507 e. The summed E-state index contributed by atoms with van der Waals surface area (Å²) in [6, 6.07) is 23.0. The Labute approximate surface area is 204 Å². The summed E-state index contributed by atoms with van der Waals surface area (Å²) in [5.74, 6) is -0.962. The molecule has 3 aromatic carbocycles. The quantitative estimate of drug-likeness (QED) is 0.254. The van der Waals surface area contributed by atoms with Gasteiger partial charge in [-0.25, -0.2) is 0 Å². The second kappa shape index (κ2) is 10.6. The molecule has 1 aliphatic heterocycles. The highest BCUT2D eigenvalue weighted by Gasteiger charge is 2.45. The molecular formula is C28H26ClNO4. The van der Waals surface area contributed by atoms with Gasteiger partial charge in [-0.15, -0.1) is 0 Å². The van der Waals surface area contributed by atoms with E-state index in [4.69, 9.17) is 16.3 Å². The molecule has 174 valence electrons. The maximum Gasteiger partial charge on any atom is 0.295 e. The molecule has 4 rings (SSSR count). The van der Waals surface area contributed by atoms with Gasteiger partial charge in [0.05, 0.1) is 18.2 Å². The molecule has 1 fully saturated rings. The highest BCUT2D eigenvalue weighted by Crippen LogP contribution is 2.40. The summed E-state index contributed by atoms with van der Waals surface area (Å²) < 4.78 is 5.68. The van der Waals surface area contributed by atoms with Gasteiger partial charge in [0.1, 0.15) is 11.5 Å². The van der Waals surface area contributed by atoms with Crippen molar-refractivity contribution in [1.29, 1.82) is 0 Å². The van der Waals surface area contributed by atoms with Gasteiger partial charge in [0, 0.05) is 17.1 Å². The van der Waals surface area contributed by atoms with Crippen LogP contribution in [0.3, 0.4) is 0 Å². The number of ketones is 1. The molecule has 0 bridgehead atoms. The van der Waals surface area contributed by atoms with Crippen molar-refractivity contribution in [2.75, 3.05) is 13.2 Å². The Morgan fingerprint density at radius 3 is 2.44 bits per heavy atom. The van der Waals surface area contributed by atoms with E-state index < -0.39 is 17.7 Å². The molecule has 1 heterocycles. The van der Waals surface area contributed by atoms with Crippen LogP contribution in [0.4, 0.5) is 0 Å². The summed E-state index contributed by atoms with van der Waals surface area (Å²) in [7, 11) is 0. The number of amides is 1. The van der Waals surface area contributed by atoms with E-state index in [2.05, 4.69) is 0 Å². The van der Waals surface area contributed by atoms with E-state index in [0.29, 0.717) is 41.5 Å². The molecule has 0 aliphatic carbocycles. The molecule has 1 N–H and O–H groups in total. The highest BCUT2D eigenvalue weighted by atomic mass is 35.5. The summed E-state index contributed by atoms with van der Waals surface area (Å²) in [5, 5.41) is 11.8. The third kappa shape index (κ3) is 5.00. The molecule has 0 saturated carbocycles. The number of carbonyl (C=O) groups is 2. The summed E-state index contributed by atoms with van der Waals surface area (Å²) >= 11 is 6.08. The van der Waals surface area contributed by atoms with Crippen LogP contribution < -0.4 is 4.74 Å². The van der Waals surface area contributed by atoms with Crippen LogP contribution in [0.15, 0.2) is 84.4 Å². The fourth-order valence-electron chi connectivity index (χ4n) is 4.11. The minimum atomic E-state index is -0.721. The Hall–Kier alpha value is -3.57. The summed E-state index contributed by atoms with van der Waals surface area (Å²) in [4.78, 5) is 27.8. The highest BCUT2D eigenvalue weighted by molar-refractivity contribution is 6.46. The SMILES string of the molecule is CCCOc1cccc(C(O)=C2C(=O)C(=O)N(CCc3ccccc3)C2c2ccc(Cl)cc2)c1. The van der Waals surface area contributed by atoms with Crippen molar-refractivity contribution in [3.05, 3.63) is 106 Å². The summed E-state index contributed by atoms with van der Waals surface area (Å²) in [5.41, 5.74) is 2.25. The number of rotatable bonds is 8. The van der Waals surface area contributed by atoms with Crippen LogP contribution >= 0.6 is 11.6 Å². The molecule has 1 atom stereocenters. The van der Waals surface area contributed by atoms with E-state index in [1.807, 2.05) is 37.3 Å². The number of aliphatic hydroxyl groups excluding tert-OH is 1. The zero-order valence-corrected chi connectivity index (χ0v) is 19.7. The standard InChI is InChI=1S/C28H26ClNO4/c1-2-17-34-23-10-6-9-21(18-23)26(31)24-25(20-11-13-22(29)14-12-20)30(28(33)27(24)32)16-15-19-7-4-3-5-8-19/h3-14,18,25,31H,2,15-17H2,1H3. The van der Waals surface area contributed by atoms with Gasteiger partial charge in [-0.3, -0.25) is 9.59 Å². The van der Waals surface area contributed by atoms with Crippen LogP contribution in [-0.2, 0) is 16.0 Å². The van der Waals surface area contributed by atoms with Crippen LogP contribution in [0.1, 0.15) is 36.1 Å². The van der Waals surface area contributed by atoms with E-state index in [0.717, 1.165) is 12.0 Å². The molecule has 1 amide bonds. The lowest BCUT2D eigenvalue weighted by Crippen LogP contribution is -2.31. The number of hydrogen-bond donors (Lipinski definition) is 1. The molecule has 0 spiro atoms. The van der Waals surface area contributed by atoms with Crippen molar-refractivity contribution >= 4 is 29.1 Å². The normalized spacial score (nSPS) is 17.2. The largest absolute Gasteiger partial charge is 0.507 e. The first-order valence-electron chi connectivity index (χ1n) is 11.3. The molecule has 1 unspecified atom stereocenters. The Bertz CT molecular complexity index is 1200. The second-order valence-corrected chi connectivity index (χ2v) is 8.59. The smallest absolute Gasteiger partial charge is 0.295 e. The lowest BCUT2D eigenvalue weighted by atomic mass is 9.95. The average molecular weight is 476 g/mol. The zero-order valence-electron chi connectivity index (χ0n) is 18.9. The molecule has 0 radical (unpaired) electrons. The average Bonchev–Trinajstić information content (AvgIpc) is 3.12. The molecule has 1 aliphatic rings. The first kappa shape index (κ1) is 23.6. The van der Waals surface area contributed by atoms with Gasteiger partial charge in [-0.1, -0.05) is 73.1 Å². The minimum absolute atomic E-state index is 0.0630. The van der Waals surface area contributed by atoms with E-state index in [9.17, 15) is 14.7 Å². The van der Waals surface area contributed by atoms with Crippen molar-refractivity contribution in [1.82, 2.24) is 4.90 Å². The van der Waals surface area contributed by atoms with Crippen molar-refractivity contribution < 1.29 is 19.4 Å². The van der Waals surface area contributed by atoms with Crippen molar-refractivity contribution in [3.63, 3.8) is 0 Å². The van der Waals surface area contributed by atoms with Crippen LogP contribution in [0.2, 0.25) is 5.02 Å². The van der Waals surface area contributed by atoms with E-state index >= 15 is 0 Å². The van der Waals surface area contributed by atoms with Crippen molar-refractivity contribution in [2.45, 2.75) is 25.8 Å². The Kier molecular flexibility index (Phi) is 7.33. The van der Waals surface area contributed by atoms with Gasteiger partial charge in [0.2, 0.25) is 0 Å². The maximum atomic E-state index is 13.2. The van der Waals surface area contributed by atoms with E-state index in [-0.39, 0.29) is 11.3 Å². The molecule has 34 heavy (non-hydrogen) atoms. The number of ether oxygens (including phenoxy) is 1. The zero-order chi connectivity index (χ0) is 24.1. The molecule has 1 saturated heterocycles. The lowest BCUT2D eigenvalue weighted by Gasteiger charge is -2.25. The first-order chi connectivity index (χ1) is 16.5. The Balaban J connectivity index is 1.75. The van der Waals surface area contributed by atoms with Crippen LogP contribution in [-0.4, -0.2) is 34.8 Å². The van der Waals surface area contributed by atoms with Gasteiger partial charge in [0.15, 0.2) is 0 Å². The molecule has 5 nitrogen and oxygen atoms in total. The lowest BCUT2D eigenvalue weighted by molar-refractivity contribution is -0.139. The van der Waals surface area contributed by atoms with Gasteiger partial charge in [0.25, 0.3) is 11.7 Å². The Morgan fingerprint density at radius 1 is 1.00 bits per heavy atom. The maximum absolute atomic E-state index is 13.2. The fraction of sp³-hybridized carbons (Fsp3) is 0.214. The second-order valence-electron chi connectivity index (χ2n) is 8.16. The number of aliphatic hydroxyl groups is 1. The molecule has 0 aromatic heterocycles. The third-order valence-electron chi connectivity index (χ3n) is 5.79. The Morgan fingerprint density at radius 2 is 1.74 bits per heavy atom. The number of halogens is 1. The number of likely N-dealkylation sites (tertiary alicyclic amines) is 1. The monoisotopic (exact) mass is 475 g/mol. The molecule has 6 heteroatoms. The van der Waals surface area contributed by atoms with Gasteiger partial charge in [-0.05, 0) is 48.2 Å². The van der Waals surface area contributed by atoms with Crippen molar-refractivity contribution in [2.24, 2.45) is 0 Å². The van der Waals surface area contributed by atoms with Gasteiger partial charge < -0.3 is 14.7 Å². The number of benzene rings is 3. The summed E-state index contributed by atoms with van der Waals surface area (Å²) in [6.45, 7) is 2.88. The topological polar surface area (TPSA) is 66.8 Å². The van der Waals surface area contributed by atoms with Gasteiger partial charge in [-0.2, -0.15) is 0 Å². The molecule has 3 aromatic rings. The number of carbonyl (C=O) groups excluding carboxylic acids is 2. The van der Waals surface area contributed by atoms with E-state index in [1.54, 1.807) is 48.5 Å². The number of nitrogens with zero attached hydrogens (tertiary/aromatic N) is 1. The predicted octanol–water partition coefficient (Wildman–Crippen LogP) is 5.79. The molecular weight excluding hydrogens is 450 g/mol. The van der Waals surface area contributed by atoms with Crippen LogP contribution in [0.25, 0.3) is 5.76 Å².